The van der Waals surface area contributed by atoms with Gasteiger partial charge in [0.05, 0.1) is 11.0 Å². The van der Waals surface area contributed by atoms with Crippen LogP contribution in [0.15, 0.2) is 54.6 Å². The Morgan fingerprint density at radius 1 is 1.12 bits per heavy atom. The van der Waals surface area contributed by atoms with Gasteiger partial charge in [0, 0.05) is 6.07 Å². The van der Waals surface area contributed by atoms with Gasteiger partial charge in [-0.3, -0.25) is 14.9 Å². The van der Waals surface area contributed by atoms with Gasteiger partial charge in [0.1, 0.15) is 5.56 Å². The van der Waals surface area contributed by atoms with E-state index in [1.165, 1.54) is 24.3 Å². The van der Waals surface area contributed by atoms with E-state index in [2.05, 4.69) is 5.32 Å². The van der Waals surface area contributed by atoms with Crippen LogP contribution in [0, 0.1) is 10.1 Å². The molecule has 0 aliphatic carbocycles. The summed E-state index contributed by atoms with van der Waals surface area (Å²) in [7, 11) is 0. The van der Waals surface area contributed by atoms with E-state index in [1.807, 2.05) is 37.3 Å². The van der Waals surface area contributed by atoms with Crippen LogP contribution < -0.4 is 5.32 Å². The molecule has 136 valence electrons. The highest BCUT2D eigenvalue weighted by Crippen LogP contribution is 2.19. The Morgan fingerprint density at radius 3 is 2.42 bits per heavy atom. The van der Waals surface area contributed by atoms with Gasteiger partial charge in [0.25, 0.3) is 11.6 Å². The first-order valence-corrected chi connectivity index (χ1v) is 8.27. The average Bonchev–Trinajstić information content (AvgIpc) is 2.66. The van der Waals surface area contributed by atoms with Crippen LogP contribution in [-0.2, 0) is 9.53 Å². The summed E-state index contributed by atoms with van der Waals surface area (Å²) < 4.78 is 4.94. The van der Waals surface area contributed by atoms with Crippen LogP contribution in [0.1, 0.15) is 41.7 Å². The average molecular weight is 356 g/mol. The van der Waals surface area contributed by atoms with E-state index >= 15 is 0 Å². The molecule has 7 nitrogen and oxygen atoms in total. The minimum atomic E-state index is -0.904. The molecule has 0 heterocycles. The van der Waals surface area contributed by atoms with Crippen molar-refractivity contribution in [1.82, 2.24) is 5.32 Å². The second kappa shape index (κ2) is 9.31. The fraction of sp³-hybridized carbons (Fsp3) is 0.263. The Bertz CT molecular complexity index is 777. The van der Waals surface area contributed by atoms with Crippen molar-refractivity contribution in [3.63, 3.8) is 0 Å². The second-order valence-electron chi connectivity index (χ2n) is 5.67. The lowest BCUT2D eigenvalue weighted by Crippen LogP contribution is -2.32. The molecule has 0 spiro atoms. The van der Waals surface area contributed by atoms with Crippen LogP contribution in [0.25, 0.3) is 0 Å². The number of rotatable bonds is 8. The molecule has 26 heavy (non-hydrogen) atoms. The highest BCUT2D eigenvalue weighted by Gasteiger charge is 2.22. The molecule has 0 aliphatic rings. The third-order valence-corrected chi connectivity index (χ3v) is 3.77. The predicted molar refractivity (Wildman–Crippen MR) is 95.6 cm³/mol. The number of hydrogen-bond donors (Lipinski definition) is 1. The number of carbonyl (C=O) groups excluding carboxylic acids is 2. The lowest BCUT2D eigenvalue weighted by Gasteiger charge is -2.18. The SMILES string of the molecule is CCC[C@H](NC(=O)COC(=O)c1ccccc1[N+](=O)[O-])c1ccccc1. The van der Waals surface area contributed by atoms with Gasteiger partial charge in [-0.25, -0.2) is 4.79 Å². The molecular formula is C19H20N2O5. The van der Waals surface area contributed by atoms with E-state index in [-0.39, 0.29) is 17.3 Å². The van der Waals surface area contributed by atoms with Crippen molar-refractivity contribution in [2.45, 2.75) is 25.8 Å². The van der Waals surface area contributed by atoms with Gasteiger partial charge in [-0.1, -0.05) is 55.8 Å². The van der Waals surface area contributed by atoms with E-state index in [9.17, 15) is 19.7 Å². The molecule has 1 atom stereocenters. The molecule has 2 aromatic carbocycles. The first-order chi connectivity index (χ1) is 12.5. The van der Waals surface area contributed by atoms with Gasteiger partial charge in [0.2, 0.25) is 0 Å². The van der Waals surface area contributed by atoms with Crippen molar-refractivity contribution in [2.75, 3.05) is 6.61 Å². The van der Waals surface area contributed by atoms with Crippen molar-refractivity contribution in [1.29, 1.82) is 0 Å². The van der Waals surface area contributed by atoms with E-state index < -0.39 is 23.4 Å². The zero-order valence-electron chi connectivity index (χ0n) is 14.4. The van der Waals surface area contributed by atoms with Crippen molar-refractivity contribution in [2.24, 2.45) is 0 Å². The van der Waals surface area contributed by atoms with Crippen molar-refractivity contribution in [3.8, 4) is 0 Å². The molecular weight excluding hydrogens is 336 g/mol. The normalized spacial score (nSPS) is 11.4. The number of nitro benzene ring substituents is 1. The topological polar surface area (TPSA) is 98.5 Å². The summed E-state index contributed by atoms with van der Waals surface area (Å²) in [5.41, 5.74) is 0.428. The monoisotopic (exact) mass is 356 g/mol. The van der Waals surface area contributed by atoms with Gasteiger partial charge in [-0.15, -0.1) is 0 Å². The quantitative estimate of drug-likeness (QED) is 0.444. The van der Waals surface area contributed by atoms with Crippen LogP contribution in [0.5, 0.6) is 0 Å². The van der Waals surface area contributed by atoms with Gasteiger partial charge >= 0.3 is 5.97 Å². The Balaban J connectivity index is 1.97. The third kappa shape index (κ3) is 5.14. The largest absolute Gasteiger partial charge is 0.452 e. The smallest absolute Gasteiger partial charge is 0.345 e. The van der Waals surface area contributed by atoms with E-state index in [4.69, 9.17) is 4.74 Å². The standard InChI is InChI=1S/C19H20N2O5/c1-2-8-16(14-9-4-3-5-10-14)20-18(22)13-26-19(23)15-11-6-7-12-17(15)21(24)25/h3-7,9-12,16H,2,8,13H2,1H3,(H,20,22)/t16-/m0/s1. The number of amides is 1. The Kier molecular flexibility index (Phi) is 6.84. The van der Waals surface area contributed by atoms with Gasteiger partial charge in [0.15, 0.2) is 6.61 Å². The lowest BCUT2D eigenvalue weighted by atomic mass is 10.0. The molecule has 2 aromatic rings. The minimum absolute atomic E-state index is 0.182. The van der Waals surface area contributed by atoms with Crippen molar-refractivity contribution >= 4 is 17.6 Å². The fourth-order valence-corrected chi connectivity index (χ4v) is 2.55. The second-order valence-corrected chi connectivity index (χ2v) is 5.67. The summed E-state index contributed by atoms with van der Waals surface area (Å²) in [6.45, 7) is 1.51. The van der Waals surface area contributed by atoms with Crippen LogP contribution in [-0.4, -0.2) is 23.4 Å². The van der Waals surface area contributed by atoms with Gasteiger partial charge < -0.3 is 10.1 Å². The molecule has 0 radical (unpaired) electrons. The van der Waals surface area contributed by atoms with Crippen LogP contribution in [0.4, 0.5) is 5.69 Å². The maximum absolute atomic E-state index is 12.1. The molecule has 0 aliphatic heterocycles. The van der Waals surface area contributed by atoms with Crippen LogP contribution >= 0.6 is 0 Å². The Hall–Kier alpha value is -3.22. The predicted octanol–water partition coefficient (Wildman–Crippen LogP) is 3.41. The Morgan fingerprint density at radius 2 is 1.77 bits per heavy atom. The summed E-state index contributed by atoms with van der Waals surface area (Å²) in [6, 6.07) is 14.8. The Labute approximate surface area is 151 Å². The zero-order chi connectivity index (χ0) is 18.9. The molecule has 0 saturated heterocycles. The minimum Gasteiger partial charge on any atom is -0.452 e. The number of ether oxygens (including phenoxy) is 1. The molecule has 0 fully saturated rings. The highest BCUT2D eigenvalue weighted by atomic mass is 16.6. The molecule has 0 unspecified atom stereocenters. The summed E-state index contributed by atoms with van der Waals surface area (Å²) in [5.74, 6) is -1.36. The third-order valence-electron chi connectivity index (χ3n) is 3.77. The first kappa shape index (κ1) is 19.1. The number of benzene rings is 2. The highest BCUT2D eigenvalue weighted by molar-refractivity contribution is 5.95. The van der Waals surface area contributed by atoms with E-state index in [1.54, 1.807) is 0 Å². The number of para-hydroxylation sites is 1. The number of carbonyl (C=O) groups is 2. The van der Waals surface area contributed by atoms with Gasteiger partial charge in [-0.2, -0.15) is 0 Å². The summed E-state index contributed by atoms with van der Waals surface area (Å²) in [4.78, 5) is 34.5. The number of esters is 1. The number of hydrogen-bond acceptors (Lipinski definition) is 5. The van der Waals surface area contributed by atoms with E-state index in [0.29, 0.717) is 0 Å². The number of nitrogens with zero attached hydrogens (tertiary/aromatic N) is 1. The number of nitrogens with one attached hydrogen (secondary N) is 1. The van der Waals surface area contributed by atoms with Crippen molar-refractivity contribution in [3.05, 3.63) is 75.8 Å². The zero-order valence-corrected chi connectivity index (χ0v) is 14.4. The lowest BCUT2D eigenvalue weighted by molar-refractivity contribution is -0.385. The molecule has 1 amide bonds. The van der Waals surface area contributed by atoms with Gasteiger partial charge in [-0.05, 0) is 18.1 Å². The summed E-state index contributed by atoms with van der Waals surface area (Å²) >= 11 is 0. The van der Waals surface area contributed by atoms with Crippen molar-refractivity contribution < 1.29 is 19.2 Å². The molecule has 2 rings (SSSR count). The molecule has 0 bridgehead atoms. The maximum atomic E-state index is 12.1. The summed E-state index contributed by atoms with van der Waals surface area (Å²) in [6.07, 6.45) is 1.61. The molecule has 7 heteroatoms. The number of nitro groups is 1. The molecule has 0 aromatic heterocycles. The maximum Gasteiger partial charge on any atom is 0.345 e. The fourth-order valence-electron chi connectivity index (χ4n) is 2.55. The molecule has 0 saturated carbocycles. The molecule has 1 N–H and O–H groups in total. The summed E-state index contributed by atoms with van der Waals surface area (Å²) in [5, 5.41) is 13.8. The van der Waals surface area contributed by atoms with E-state index in [0.717, 1.165) is 18.4 Å². The van der Waals surface area contributed by atoms with Crippen LogP contribution in [0.3, 0.4) is 0 Å². The first-order valence-electron chi connectivity index (χ1n) is 8.27. The van der Waals surface area contributed by atoms with Crippen LogP contribution in [0.2, 0.25) is 0 Å².